The van der Waals surface area contributed by atoms with Gasteiger partial charge in [-0.3, -0.25) is 0 Å². The summed E-state index contributed by atoms with van der Waals surface area (Å²) in [7, 11) is 0. The van der Waals surface area contributed by atoms with E-state index in [9.17, 15) is 0 Å². The molecule has 1 aromatic rings. The Hall–Kier alpha value is -0.340. The first-order chi connectivity index (χ1) is 8.43. The van der Waals surface area contributed by atoms with E-state index in [1.807, 2.05) is 0 Å². The summed E-state index contributed by atoms with van der Waals surface area (Å²) in [5, 5.41) is 8.41. The van der Waals surface area contributed by atoms with Gasteiger partial charge in [-0.05, 0) is 65.3 Å². The molecule has 0 aliphatic heterocycles. The number of fused-ring (bicyclic) bond motifs is 2. The van der Waals surface area contributed by atoms with Gasteiger partial charge in [-0.1, -0.05) is 20.8 Å². The maximum absolute atomic E-state index is 3.95. The van der Waals surface area contributed by atoms with Crippen molar-refractivity contribution in [3.05, 3.63) is 22.4 Å². The highest BCUT2D eigenvalue weighted by atomic mass is 32.1. The second-order valence-corrected chi connectivity index (χ2v) is 8.07. The van der Waals surface area contributed by atoms with Gasteiger partial charge >= 0.3 is 0 Å². The average molecular weight is 263 g/mol. The molecule has 4 unspecified atom stereocenters. The molecule has 2 aliphatic carbocycles. The highest BCUT2D eigenvalue weighted by Crippen LogP contribution is 2.62. The molecule has 1 nitrogen and oxygen atoms in total. The molecule has 1 N–H and O–H groups in total. The van der Waals surface area contributed by atoms with Crippen LogP contribution in [0.3, 0.4) is 0 Å². The van der Waals surface area contributed by atoms with Gasteiger partial charge in [-0.2, -0.15) is 11.3 Å². The predicted octanol–water partition coefficient (Wildman–Crippen LogP) is 4.61. The Kier molecular flexibility index (Phi) is 2.87. The van der Waals surface area contributed by atoms with Crippen LogP contribution in [0.2, 0.25) is 0 Å². The molecule has 2 saturated carbocycles. The van der Waals surface area contributed by atoms with Crippen LogP contribution in [0, 0.1) is 16.7 Å². The van der Waals surface area contributed by atoms with E-state index in [0.717, 1.165) is 5.92 Å². The average Bonchev–Trinajstić information content (AvgIpc) is 2.96. The Morgan fingerprint density at radius 1 is 1.39 bits per heavy atom. The lowest BCUT2D eigenvalue weighted by Gasteiger charge is -2.44. The Bertz CT molecular complexity index is 418. The van der Waals surface area contributed by atoms with Crippen LogP contribution in [0.4, 0.5) is 0 Å². The summed E-state index contributed by atoms with van der Waals surface area (Å²) in [5.41, 5.74) is 2.43. The molecule has 4 atom stereocenters. The van der Waals surface area contributed by atoms with Crippen LogP contribution in [0.15, 0.2) is 16.8 Å². The highest BCUT2D eigenvalue weighted by molar-refractivity contribution is 7.07. The van der Waals surface area contributed by atoms with Gasteiger partial charge in [0.15, 0.2) is 0 Å². The van der Waals surface area contributed by atoms with Crippen molar-refractivity contribution in [3.8, 4) is 0 Å². The fraction of sp³-hybridized carbons (Fsp3) is 0.750. The summed E-state index contributed by atoms with van der Waals surface area (Å²) in [6.07, 6.45) is 4.28. The fourth-order valence-corrected chi connectivity index (χ4v) is 5.34. The lowest BCUT2D eigenvalue weighted by molar-refractivity contribution is 0.100. The van der Waals surface area contributed by atoms with Crippen LogP contribution >= 0.6 is 11.3 Å². The van der Waals surface area contributed by atoms with Crippen molar-refractivity contribution < 1.29 is 0 Å². The van der Waals surface area contributed by atoms with E-state index in [1.54, 1.807) is 11.3 Å². The van der Waals surface area contributed by atoms with E-state index >= 15 is 0 Å². The van der Waals surface area contributed by atoms with E-state index in [2.05, 4.69) is 49.8 Å². The highest BCUT2D eigenvalue weighted by Gasteiger charge is 2.59. The standard InChI is InChI=1S/C16H25NS/c1-11(12-6-8-18-10-12)17-14-15(2,3)13-5-7-16(14,4)9-13/h6,8,10-11,13-14,17H,5,7,9H2,1-4H3. The predicted molar refractivity (Wildman–Crippen MR) is 78.9 cm³/mol. The van der Waals surface area contributed by atoms with Crippen molar-refractivity contribution >= 4 is 11.3 Å². The van der Waals surface area contributed by atoms with Crippen molar-refractivity contribution in [2.24, 2.45) is 16.7 Å². The Morgan fingerprint density at radius 3 is 2.72 bits per heavy atom. The lowest BCUT2D eigenvalue weighted by Crippen LogP contribution is -2.50. The number of hydrogen-bond acceptors (Lipinski definition) is 2. The number of thiophene rings is 1. The molecule has 1 heterocycles. The molecule has 2 fully saturated rings. The minimum Gasteiger partial charge on any atom is -0.306 e. The van der Waals surface area contributed by atoms with E-state index < -0.39 is 0 Å². The van der Waals surface area contributed by atoms with Crippen LogP contribution in [-0.2, 0) is 0 Å². The van der Waals surface area contributed by atoms with E-state index in [0.29, 0.717) is 22.9 Å². The fourth-order valence-electron chi connectivity index (χ4n) is 4.59. The maximum atomic E-state index is 3.95. The number of rotatable bonds is 3. The topological polar surface area (TPSA) is 12.0 Å². The van der Waals surface area contributed by atoms with Crippen molar-refractivity contribution in [1.82, 2.24) is 5.32 Å². The second-order valence-electron chi connectivity index (χ2n) is 7.29. The summed E-state index contributed by atoms with van der Waals surface area (Å²) in [6, 6.07) is 3.40. The normalized spacial score (nSPS) is 39.1. The minimum absolute atomic E-state index is 0.456. The Morgan fingerprint density at radius 2 is 2.17 bits per heavy atom. The molecule has 0 amide bonds. The molecular weight excluding hydrogens is 238 g/mol. The van der Waals surface area contributed by atoms with Crippen LogP contribution in [-0.4, -0.2) is 6.04 Å². The summed E-state index contributed by atoms with van der Waals surface area (Å²) < 4.78 is 0. The number of hydrogen-bond donors (Lipinski definition) is 1. The van der Waals surface area contributed by atoms with Crippen LogP contribution in [0.1, 0.15) is 58.6 Å². The molecule has 3 rings (SSSR count). The third-order valence-corrected chi connectivity index (χ3v) is 6.43. The summed E-state index contributed by atoms with van der Waals surface area (Å²) in [5.74, 6) is 0.926. The second kappa shape index (κ2) is 4.08. The summed E-state index contributed by atoms with van der Waals surface area (Å²) >= 11 is 1.80. The van der Waals surface area contributed by atoms with Gasteiger partial charge in [-0.25, -0.2) is 0 Å². The molecule has 0 saturated heterocycles. The van der Waals surface area contributed by atoms with Crippen molar-refractivity contribution in [2.45, 2.75) is 59.0 Å². The van der Waals surface area contributed by atoms with Crippen LogP contribution in [0.5, 0.6) is 0 Å². The molecule has 18 heavy (non-hydrogen) atoms. The monoisotopic (exact) mass is 263 g/mol. The van der Waals surface area contributed by atoms with Crippen molar-refractivity contribution in [1.29, 1.82) is 0 Å². The summed E-state index contributed by atoms with van der Waals surface area (Å²) in [4.78, 5) is 0. The van der Waals surface area contributed by atoms with E-state index in [1.165, 1.54) is 24.8 Å². The van der Waals surface area contributed by atoms with Gasteiger partial charge in [0.05, 0.1) is 0 Å². The minimum atomic E-state index is 0.456. The Balaban J connectivity index is 1.80. The zero-order valence-corrected chi connectivity index (χ0v) is 12.8. The first kappa shape index (κ1) is 12.7. The quantitative estimate of drug-likeness (QED) is 0.839. The van der Waals surface area contributed by atoms with Crippen LogP contribution < -0.4 is 5.32 Å². The Labute approximate surface area is 115 Å². The molecule has 2 bridgehead atoms. The summed E-state index contributed by atoms with van der Waals surface area (Å²) in [6.45, 7) is 9.76. The van der Waals surface area contributed by atoms with Gasteiger partial charge < -0.3 is 5.32 Å². The van der Waals surface area contributed by atoms with E-state index in [-0.39, 0.29) is 0 Å². The molecule has 0 aromatic carbocycles. The SMILES string of the molecule is CC(NC1C2(C)CCC(C2)C1(C)C)c1ccsc1. The smallest absolute Gasteiger partial charge is 0.0303 e. The molecule has 0 spiro atoms. The lowest BCUT2D eigenvalue weighted by atomic mass is 9.68. The van der Waals surface area contributed by atoms with Gasteiger partial charge in [0, 0.05) is 12.1 Å². The molecule has 2 aliphatic rings. The first-order valence-electron chi connectivity index (χ1n) is 7.22. The van der Waals surface area contributed by atoms with Gasteiger partial charge in [0.25, 0.3) is 0 Å². The largest absolute Gasteiger partial charge is 0.306 e. The molecule has 100 valence electrons. The third-order valence-electron chi connectivity index (χ3n) is 5.73. The van der Waals surface area contributed by atoms with Crippen molar-refractivity contribution in [2.75, 3.05) is 0 Å². The maximum Gasteiger partial charge on any atom is 0.0303 e. The van der Waals surface area contributed by atoms with Crippen molar-refractivity contribution in [3.63, 3.8) is 0 Å². The van der Waals surface area contributed by atoms with Crippen LogP contribution in [0.25, 0.3) is 0 Å². The van der Waals surface area contributed by atoms with Gasteiger partial charge in [0.2, 0.25) is 0 Å². The first-order valence-corrected chi connectivity index (χ1v) is 8.16. The molecule has 2 heteroatoms. The number of nitrogens with one attached hydrogen (secondary N) is 1. The molecule has 0 radical (unpaired) electrons. The third kappa shape index (κ3) is 1.77. The molecular formula is C16H25NS. The zero-order valence-electron chi connectivity index (χ0n) is 12.0. The zero-order chi connectivity index (χ0) is 13.0. The molecule has 1 aromatic heterocycles. The van der Waals surface area contributed by atoms with Gasteiger partial charge in [0.1, 0.15) is 0 Å². The van der Waals surface area contributed by atoms with E-state index in [4.69, 9.17) is 0 Å². The van der Waals surface area contributed by atoms with Gasteiger partial charge in [-0.15, -0.1) is 0 Å².